The van der Waals surface area contributed by atoms with Gasteiger partial charge >= 0.3 is 0 Å². The Morgan fingerprint density at radius 2 is 1.78 bits per heavy atom. The van der Waals surface area contributed by atoms with Crippen molar-refractivity contribution in [1.29, 1.82) is 0 Å². The van der Waals surface area contributed by atoms with Gasteiger partial charge in [-0.25, -0.2) is 21.6 Å². The molecule has 2 nitrogen and oxygen atoms in total. The van der Waals surface area contributed by atoms with E-state index in [4.69, 9.17) is 0 Å². The van der Waals surface area contributed by atoms with Crippen LogP contribution in [0.1, 0.15) is 38.3 Å². The van der Waals surface area contributed by atoms with Gasteiger partial charge in [0.25, 0.3) is 6.43 Å². The van der Waals surface area contributed by atoms with Gasteiger partial charge in [0, 0.05) is 5.56 Å². The van der Waals surface area contributed by atoms with Crippen LogP contribution in [0.2, 0.25) is 0 Å². The average Bonchev–Trinajstić information content (AvgIpc) is 2.18. The van der Waals surface area contributed by atoms with Crippen molar-refractivity contribution < 1.29 is 21.6 Å². The van der Waals surface area contributed by atoms with E-state index in [0.29, 0.717) is 6.07 Å². The van der Waals surface area contributed by atoms with Gasteiger partial charge < -0.3 is 0 Å². The van der Waals surface area contributed by atoms with Crippen molar-refractivity contribution in [2.75, 3.05) is 0 Å². The third-order valence-electron chi connectivity index (χ3n) is 2.62. The quantitative estimate of drug-likeness (QED) is 0.849. The van der Waals surface area contributed by atoms with Crippen molar-refractivity contribution >= 4 is 9.84 Å². The van der Waals surface area contributed by atoms with E-state index < -0.39 is 38.1 Å². The summed E-state index contributed by atoms with van der Waals surface area (Å²) < 4.78 is 61.2. The first-order valence-electron chi connectivity index (χ1n) is 5.33. The van der Waals surface area contributed by atoms with Crippen molar-refractivity contribution in [2.45, 2.75) is 37.7 Å². The van der Waals surface area contributed by atoms with Gasteiger partial charge in [0.15, 0.2) is 9.84 Å². The Bertz CT molecular complexity index is 531. The van der Waals surface area contributed by atoms with Gasteiger partial charge in [0.1, 0.15) is 5.82 Å². The van der Waals surface area contributed by atoms with Gasteiger partial charge in [-0.1, -0.05) is 6.07 Å². The minimum absolute atomic E-state index is 0.0543. The molecule has 102 valence electrons. The molecule has 0 aromatic heterocycles. The van der Waals surface area contributed by atoms with E-state index in [1.54, 1.807) is 0 Å². The molecule has 0 N–H and O–H groups in total. The van der Waals surface area contributed by atoms with Crippen LogP contribution in [0.5, 0.6) is 0 Å². The molecule has 0 aliphatic carbocycles. The summed E-state index contributed by atoms with van der Waals surface area (Å²) in [6, 6.07) is 2.76. The van der Waals surface area contributed by atoms with Crippen molar-refractivity contribution in [3.8, 4) is 0 Å². The normalized spacial score (nSPS) is 13.1. The number of sulfone groups is 1. The third kappa shape index (κ3) is 3.25. The molecule has 1 aromatic rings. The zero-order chi connectivity index (χ0) is 14.1. The maximum absolute atomic E-state index is 12.9. The van der Waals surface area contributed by atoms with E-state index in [9.17, 15) is 21.6 Å². The van der Waals surface area contributed by atoms with E-state index in [1.807, 2.05) is 0 Å². The molecule has 0 amide bonds. The molecule has 0 saturated carbocycles. The standard InChI is InChI=1S/C12H15F3O2S/c1-12(2,3)18(16,17)7-8-4-5-9(13)6-10(8)11(14)15/h4-6,11H,7H2,1-3H3. The van der Waals surface area contributed by atoms with Crippen LogP contribution in [-0.2, 0) is 15.6 Å². The van der Waals surface area contributed by atoms with Gasteiger partial charge in [-0.3, -0.25) is 0 Å². The number of rotatable bonds is 3. The second-order valence-corrected chi connectivity index (χ2v) is 7.76. The lowest BCUT2D eigenvalue weighted by atomic mass is 10.1. The maximum atomic E-state index is 12.9. The lowest BCUT2D eigenvalue weighted by Gasteiger charge is -2.20. The Kier molecular flexibility index (Phi) is 4.10. The monoisotopic (exact) mass is 280 g/mol. The van der Waals surface area contributed by atoms with Crippen LogP contribution < -0.4 is 0 Å². The first-order chi connectivity index (χ1) is 8.04. The first-order valence-corrected chi connectivity index (χ1v) is 6.98. The van der Waals surface area contributed by atoms with E-state index in [2.05, 4.69) is 0 Å². The molecule has 0 saturated heterocycles. The fourth-order valence-electron chi connectivity index (χ4n) is 1.32. The van der Waals surface area contributed by atoms with Crippen LogP contribution in [0.3, 0.4) is 0 Å². The summed E-state index contributed by atoms with van der Waals surface area (Å²) in [4.78, 5) is 0. The summed E-state index contributed by atoms with van der Waals surface area (Å²) >= 11 is 0. The number of benzene rings is 1. The summed E-state index contributed by atoms with van der Waals surface area (Å²) in [5, 5.41) is 0. The molecule has 1 rings (SSSR count). The van der Waals surface area contributed by atoms with Crippen LogP contribution in [-0.4, -0.2) is 13.2 Å². The SMILES string of the molecule is CC(C)(C)S(=O)(=O)Cc1ccc(F)cc1C(F)F. The Morgan fingerprint density at radius 1 is 1.22 bits per heavy atom. The van der Waals surface area contributed by atoms with Gasteiger partial charge in [0.05, 0.1) is 10.5 Å². The molecule has 18 heavy (non-hydrogen) atoms. The van der Waals surface area contributed by atoms with Crippen LogP contribution in [0.25, 0.3) is 0 Å². The Morgan fingerprint density at radius 3 is 2.22 bits per heavy atom. The molecule has 0 bridgehead atoms. The number of hydrogen-bond acceptors (Lipinski definition) is 2. The number of halogens is 3. The Labute approximate surface area is 105 Å². The smallest absolute Gasteiger partial charge is 0.228 e. The lowest BCUT2D eigenvalue weighted by molar-refractivity contribution is 0.150. The number of hydrogen-bond donors (Lipinski definition) is 0. The molecule has 0 radical (unpaired) electrons. The van der Waals surface area contributed by atoms with Crippen LogP contribution in [0.4, 0.5) is 13.2 Å². The summed E-state index contributed by atoms with van der Waals surface area (Å²) in [6.45, 7) is 4.48. The van der Waals surface area contributed by atoms with Crippen LogP contribution in [0.15, 0.2) is 18.2 Å². The molecular formula is C12H15F3O2S. The summed E-state index contributed by atoms with van der Waals surface area (Å²) in [5.41, 5.74) is -0.621. The van der Waals surface area contributed by atoms with Crippen molar-refractivity contribution in [1.82, 2.24) is 0 Å². The molecule has 0 spiro atoms. The maximum Gasteiger partial charge on any atom is 0.264 e. The predicted octanol–water partition coefficient (Wildman–Crippen LogP) is 3.48. The Balaban J connectivity index is 3.21. The Hall–Kier alpha value is -1.04. The highest BCUT2D eigenvalue weighted by Gasteiger charge is 2.30. The topological polar surface area (TPSA) is 34.1 Å². The van der Waals surface area contributed by atoms with Crippen molar-refractivity contribution in [2.24, 2.45) is 0 Å². The zero-order valence-corrected chi connectivity index (χ0v) is 11.2. The third-order valence-corrected chi connectivity index (χ3v) is 5.18. The minimum Gasteiger partial charge on any atom is -0.228 e. The molecule has 0 aliphatic heterocycles. The van der Waals surface area contributed by atoms with Gasteiger partial charge in [0.2, 0.25) is 0 Å². The highest BCUT2D eigenvalue weighted by atomic mass is 32.2. The molecule has 0 heterocycles. The summed E-state index contributed by atoms with van der Waals surface area (Å²) in [6.07, 6.45) is -2.90. The highest BCUT2D eigenvalue weighted by Crippen LogP contribution is 2.28. The van der Waals surface area contributed by atoms with Crippen molar-refractivity contribution in [3.63, 3.8) is 0 Å². The van der Waals surface area contributed by atoms with E-state index >= 15 is 0 Å². The molecule has 0 aliphatic rings. The molecular weight excluding hydrogens is 265 g/mol. The minimum atomic E-state index is -3.58. The highest BCUT2D eigenvalue weighted by molar-refractivity contribution is 7.91. The van der Waals surface area contributed by atoms with Gasteiger partial charge in [-0.2, -0.15) is 0 Å². The van der Waals surface area contributed by atoms with E-state index in [1.165, 1.54) is 20.8 Å². The summed E-state index contributed by atoms with van der Waals surface area (Å²) in [5.74, 6) is -1.32. The molecule has 0 atom stereocenters. The van der Waals surface area contributed by atoms with Gasteiger partial charge in [-0.05, 0) is 38.5 Å². The fourth-order valence-corrected chi connectivity index (χ4v) is 2.43. The van der Waals surface area contributed by atoms with Crippen molar-refractivity contribution in [3.05, 3.63) is 35.1 Å². The van der Waals surface area contributed by atoms with Crippen LogP contribution in [0, 0.1) is 5.82 Å². The van der Waals surface area contributed by atoms with Gasteiger partial charge in [-0.15, -0.1) is 0 Å². The zero-order valence-electron chi connectivity index (χ0n) is 10.4. The number of alkyl halides is 2. The second kappa shape index (κ2) is 4.91. The summed E-state index contributed by atoms with van der Waals surface area (Å²) in [7, 11) is -3.58. The van der Waals surface area contributed by atoms with E-state index in [-0.39, 0.29) is 5.56 Å². The fraction of sp³-hybridized carbons (Fsp3) is 0.500. The van der Waals surface area contributed by atoms with E-state index in [0.717, 1.165) is 12.1 Å². The molecule has 1 aromatic carbocycles. The molecule has 6 heteroatoms. The predicted molar refractivity (Wildman–Crippen MR) is 63.7 cm³/mol. The second-order valence-electron chi connectivity index (χ2n) is 5.02. The largest absolute Gasteiger partial charge is 0.264 e. The lowest BCUT2D eigenvalue weighted by Crippen LogP contribution is -2.29. The van der Waals surface area contributed by atoms with Crippen LogP contribution >= 0.6 is 0 Å². The first kappa shape index (κ1) is 15.0. The molecule has 0 unspecified atom stereocenters. The average molecular weight is 280 g/mol. The molecule has 0 fully saturated rings.